The number of nitriles is 1. The molecule has 0 aliphatic carbocycles. The Kier molecular flexibility index (Phi) is 19.6. The molecule has 0 saturated heterocycles. The number of anilines is 12. The van der Waals surface area contributed by atoms with E-state index >= 15 is 0 Å². The van der Waals surface area contributed by atoms with E-state index in [2.05, 4.69) is 483 Å². The highest BCUT2D eigenvalue weighted by Crippen LogP contribution is 2.52. The van der Waals surface area contributed by atoms with Gasteiger partial charge in [0.05, 0.1) is 28.4 Å². The molecule has 0 fully saturated rings. The molecule has 137 heavy (non-hydrogen) atoms. The molecule has 646 valence electrons. The summed E-state index contributed by atoms with van der Waals surface area (Å²) < 4.78 is 2.33. The zero-order valence-corrected chi connectivity index (χ0v) is 76.6. The summed E-state index contributed by atoms with van der Waals surface area (Å²) in [5, 5.41) is 13.1. The number of rotatable bonds is 16. The lowest BCUT2D eigenvalue weighted by molar-refractivity contribution is 0.523. The highest BCUT2D eigenvalue weighted by molar-refractivity contribution is 7.01. The predicted octanol–water partition coefficient (Wildman–Crippen LogP) is 28.2. The Hall–Kier alpha value is -17.2. The molecule has 2 aromatic heterocycles. The Labute approximate surface area is 799 Å². The molecule has 0 spiro atoms. The van der Waals surface area contributed by atoms with Gasteiger partial charge in [0.1, 0.15) is 0 Å². The summed E-state index contributed by atoms with van der Waals surface area (Å²) in [5.74, 6) is 1.49. The van der Waals surface area contributed by atoms with E-state index < -0.39 is 5.41 Å². The van der Waals surface area contributed by atoms with E-state index in [-0.39, 0.29) is 18.8 Å². The molecule has 6 heterocycles. The van der Waals surface area contributed by atoms with Crippen molar-refractivity contribution in [3.05, 3.63) is 471 Å². The van der Waals surface area contributed by atoms with E-state index in [1.165, 1.54) is 49.5 Å². The summed E-state index contributed by atoms with van der Waals surface area (Å²) in [6.07, 6.45) is 0.725. The van der Waals surface area contributed by atoms with Crippen LogP contribution in [0.2, 0.25) is 0 Å². The first-order chi connectivity index (χ1) is 67.2. The molecule has 21 aromatic rings. The number of hydrogen-bond acceptors (Lipinski definition) is 8. The van der Waals surface area contributed by atoms with E-state index in [1.807, 2.05) is 30.3 Å². The van der Waals surface area contributed by atoms with Crippen LogP contribution in [0.5, 0.6) is 0 Å². The van der Waals surface area contributed by atoms with Gasteiger partial charge in [0, 0.05) is 95.7 Å². The molecule has 9 nitrogen and oxygen atoms in total. The molecule has 4 aliphatic heterocycles. The Morgan fingerprint density at radius 3 is 1.14 bits per heavy atom. The van der Waals surface area contributed by atoms with Gasteiger partial charge in [-0.1, -0.05) is 338 Å². The van der Waals surface area contributed by atoms with Gasteiger partial charge in [-0.3, -0.25) is 0 Å². The van der Waals surface area contributed by atoms with Crippen molar-refractivity contribution in [3.63, 3.8) is 0 Å². The third-order valence-corrected chi connectivity index (χ3v) is 28.5. The van der Waals surface area contributed by atoms with Crippen LogP contribution in [0.1, 0.15) is 56.9 Å². The smallest absolute Gasteiger partial charge is 0.252 e. The van der Waals surface area contributed by atoms with Crippen LogP contribution in [0.3, 0.4) is 0 Å². The minimum atomic E-state index is -0.397. The first-order valence-corrected chi connectivity index (χ1v) is 47.4. The van der Waals surface area contributed by atoms with Crippen molar-refractivity contribution in [2.24, 2.45) is 0 Å². The van der Waals surface area contributed by atoms with E-state index in [4.69, 9.17) is 15.0 Å². The number of hydrogen-bond donors (Lipinski definition) is 0. The minimum absolute atomic E-state index is 0.0166. The molecule has 0 N–H and O–H groups in total. The van der Waals surface area contributed by atoms with Gasteiger partial charge in [-0.15, -0.1) is 0 Å². The van der Waals surface area contributed by atoms with Gasteiger partial charge in [0.15, 0.2) is 17.5 Å². The van der Waals surface area contributed by atoms with Gasteiger partial charge in [0.25, 0.3) is 13.4 Å². The first-order valence-electron chi connectivity index (χ1n) is 47.4. The topological polar surface area (TPSA) is 80.3 Å². The predicted molar refractivity (Wildman–Crippen MR) is 572 cm³/mol. The summed E-state index contributed by atoms with van der Waals surface area (Å²) in [6, 6.07) is 167. The van der Waals surface area contributed by atoms with Crippen LogP contribution in [0.15, 0.2) is 449 Å². The number of aromatic nitrogens is 4. The fourth-order valence-electron chi connectivity index (χ4n) is 21.9. The summed E-state index contributed by atoms with van der Waals surface area (Å²) in [5.41, 5.74) is 41.3. The lowest BCUT2D eigenvalue weighted by Gasteiger charge is -2.45. The Morgan fingerprint density at radius 1 is 0.255 bits per heavy atom. The summed E-state index contributed by atoms with van der Waals surface area (Å²) >= 11 is 0. The van der Waals surface area contributed by atoms with Crippen LogP contribution < -0.4 is 52.4 Å². The third-order valence-electron chi connectivity index (χ3n) is 28.5. The van der Waals surface area contributed by atoms with Gasteiger partial charge in [-0.05, 0) is 268 Å². The maximum Gasteiger partial charge on any atom is 0.252 e. The first kappa shape index (κ1) is 81.8. The average Bonchev–Trinajstić information content (AvgIpc) is 1.19. The Morgan fingerprint density at radius 2 is 0.635 bits per heavy atom. The van der Waals surface area contributed by atoms with Crippen LogP contribution >= 0.6 is 0 Å². The van der Waals surface area contributed by atoms with Gasteiger partial charge >= 0.3 is 0 Å². The highest BCUT2D eigenvalue weighted by Gasteiger charge is 2.47. The van der Waals surface area contributed by atoms with Gasteiger partial charge in [-0.25, -0.2) is 15.0 Å². The van der Waals surface area contributed by atoms with Crippen LogP contribution in [0, 0.1) is 11.3 Å². The quantitative estimate of drug-likeness (QED) is 0.0886. The monoisotopic (exact) mass is 1750 g/mol. The maximum atomic E-state index is 11.0. The lowest BCUT2D eigenvalue weighted by atomic mass is 9.33. The molecule has 0 amide bonds. The van der Waals surface area contributed by atoms with Crippen molar-refractivity contribution in [1.82, 2.24) is 19.5 Å². The summed E-state index contributed by atoms with van der Waals surface area (Å²) in [6.45, 7) is 11.6. The minimum Gasteiger partial charge on any atom is -0.311 e. The van der Waals surface area contributed by atoms with Crippen molar-refractivity contribution in [2.75, 3.05) is 19.6 Å². The van der Waals surface area contributed by atoms with Crippen molar-refractivity contribution in [3.8, 4) is 102 Å². The summed E-state index contributed by atoms with van der Waals surface area (Å²) in [4.78, 5) is 26.4. The number of fused-ring (bicyclic) bond motifs is 11. The fourth-order valence-corrected chi connectivity index (χ4v) is 21.9. The normalized spacial score (nSPS) is 12.8. The molecular weight excluding hydrogens is 1660 g/mol. The zero-order valence-electron chi connectivity index (χ0n) is 76.6. The van der Waals surface area contributed by atoms with Gasteiger partial charge in [-0.2, -0.15) is 5.26 Å². The van der Waals surface area contributed by atoms with E-state index in [0.717, 1.165) is 169 Å². The molecule has 0 radical (unpaired) electrons. The SMILES string of the molecule is CC(C)(C)c1ccc2c(c1)B1c3cc(C(C)(C)Cc4ccc(-c5nc(-c6ccccc6)nc(-c6cc(C#N)ccc6-n6c7ccccc7c7cc(-c8cc9c%10c(c8)N(c8ccccc8)c8ccccc8B%10c8ccccc8N9c8ccccc8)ccc76)n5)cc4)ccc3N(c3cc(-c4ccccc4)cc(-c4ccccc4)c3)c3cccc(c31)N2c1cc(-c2ccccc2)cc(-c2ccccc2)c1. The summed E-state index contributed by atoms with van der Waals surface area (Å²) in [7, 11) is 0. The number of nitrogens with zero attached hydrogens (tertiary/aromatic N) is 9. The second-order valence-corrected chi connectivity index (χ2v) is 38.3. The van der Waals surface area contributed by atoms with Gasteiger partial charge < -0.3 is 24.2 Å². The van der Waals surface area contributed by atoms with Gasteiger partial charge in [0.2, 0.25) is 0 Å². The molecule has 4 aliphatic rings. The molecule has 25 rings (SSSR count). The van der Waals surface area contributed by atoms with Crippen LogP contribution in [0.4, 0.5) is 68.2 Å². The molecular formula is C126H91B2N9. The number of para-hydroxylation sites is 5. The molecule has 0 atom stereocenters. The molecule has 0 unspecified atom stereocenters. The third kappa shape index (κ3) is 14.1. The van der Waals surface area contributed by atoms with Crippen molar-refractivity contribution in [2.45, 2.75) is 51.9 Å². The Bertz CT molecular complexity index is 8160. The van der Waals surface area contributed by atoms with E-state index in [0.29, 0.717) is 28.6 Å². The standard InChI is InChI=1S/C126H91B2N9/c1-125(2,3)96-62-66-114-107(78-96)128-108-79-97(63-67-115(108)136(101-73-93(86-38-17-8-18-39-86)70-94(74-101)87-40-19-9-20-41-87)117-55-33-54-116(120(117)128)135(114)100-71-91(84-34-13-6-14-35-84)69-92(72-100)85-36-15-7-16-37-85)126(4,5)80-82-56-59-89(60-57-82)123-130-122(88-42-21-10-22-43-88)131-124(132-123)104-68-83(81-129)58-64-111(104)137-109-51-30-27-48-102(109)103-75-90(61-65-110(103)137)95-76-118-121-119(77-95)134(99-46-25-12-26-47-99)113-53-32-29-50-106(113)127(121)105-49-28-31-52-112(105)133(118)98-44-23-11-24-45-98/h6-79H,80H2,1-5H3. The van der Waals surface area contributed by atoms with Crippen molar-refractivity contribution >= 4 is 136 Å². The average molecular weight is 1750 g/mol. The van der Waals surface area contributed by atoms with Crippen molar-refractivity contribution in [1.29, 1.82) is 5.26 Å². The highest BCUT2D eigenvalue weighted by atomic mass is 15.2. The second kappa shape index (κ2) is 32.9. The van der Waals surface area contributed by atoms with Crippen LogP contribution in [-0.4, -0.2) is 32.9 Å². The maximum absolute atomic E-state index is 11.0. The molecule has 0 saturated carbocycles. The Balaban J connectivity index is 0.605. The molecule has 0 bridgehead atoms. The van der Waals surface area contributed by atoms with Crippen LogP contribution in [0.25, 0.3) is 117 Å². The zero-order chi connectivity index (χ0) is 91.7. The number of benzene rings is 19. The molecule has 11 heteroatoms. The largest absolute Gasteiger partial charge is 0.311 e. The van der Waals surface area contributed by atoms with Crippen molar-refractivity contribution < 1.29 is 0 Å². The fraction of sp³-hybridized carbons (Fsp3) is 0.0635. The van der Waals surface area contributed by atoms with E-state index in [9.17, 15) is 5.26 Å². The van der Waals surface area contributed by atoms with E-state index in [1.54, 1.807) is 0 Å². The second-order valence-electron chi connectivity index (χ2n) is 38.3. The lowest BCUT2D eigenvalue weighted by Crippen LogP contribution is -2.61. The molecule has 19 aromatic carbocycles. The van der Waals surface area contributed by atoms with Crippen LogP contribution in [-0.2, 0) is 17.3 Å².